The molecule has 0 saturated heterocycles. The molecule has 0 radical (unpaired) electrons. The van der Waals surface area contributed by atoms with Crippen LogP contribution in [0.25, 0.3) is 0 Å². The first-order valence-corrected chi connectivity index (χ1v) is 7.82. The highest BCUT2D eigenvalue weighted by atomic mass is 16.5. The van der Waals surface area contributed by atoms with Gasteiger partial charge in [0.2, 0.25) is 0 Å². The Morgan fingerprint density at radius 2 is 1.43 bits per heavy atom. The molecule has 0 spiro atoms. The lowest BCUT2D eigenvalue weighted by Crippen LogP contribution is -2.19. The molecule has 0 bridgehead atoms. The fourth-order valence-corrected chi connectivity index (χ4v) is 1.74. The maximum absolute atomic E-state index is 11.4. The van der Waals surface area contributed by atoms with Crippen LogP contribution >= 0.6 is 0 Å². The number of unbranched alkanes of at least 4 members (excludes halogenated alkanes) is 4. The first kappa shape index (κ1) is 19.9. The summed E-state index contributed by atoms with van der Waals surface area (Å²) in [5, 5.41) is 8.47. The highest BCUT2D eigenvalue weighted by Crippen LogP contribution is 2.09. The lowest BCUT2D eigenvalue weighted by molar-refractivity contribution is -0.144. The fourth-order valence-electron chi connectivity index (χ4n) is 1.74. The highest BCUT2D eigenvalue weighted by Gasteiger charge is 2.09. The number of rotatable bonds is 12. The molecule has 0 heterocycles. The third kappa shape index (κ3) is 16.8. The predicted molar refractivity (Wildman–Crippen MR) is 81.2 cm³/mol. The second kappa shape index (κ2) is 11.5. The van der Waals surface area contributed by atoms with E-state index in [1.165, 1.54) is 0 Å². The van der Waals surface area contributed by atoms with Crippen LogP contribution in [0.1, 0.15) is 72.1 Å². The number of ether oxygens (including phenoxy) is 2. The molecule has 5 heteroatoms. The van der Waals surface area contributed by atoms with Crippen molar-refractivity contribution in [2.24, 2.45) is 0 Å². The predicted octanol–water partition coefficient (Wildman–Crippen LogP) is 3.55. The quantitative estimate of drug-likeness (QED) is 0.441. The van der Waals surface area contributed by atoms with Gasteiger partial charge in [0.1, 0.15) is 0 Å². The zero-order chi connectivity index (χ0) is 16.1. The van der Waals surface area contributed by atoms with E-state index in [9.17, 15) is 9.59 Å². The van der Waals surface area contributed by atoms with E-state index in [0.29, 0.717) is 19.4 Å². The molecule has 0 amide bonds. The molecule has 0 aromatic carbocycles. The summed E-state index contributed by atoms with van der Waals surface area (Å²) >= 11 is 0. The summed E-state index contributed by atoms with van der Waals surface area (Å²) in [6.07, 6.45) is 5.53. The molecule has 0 aliphatic heterocycles. The maximum Gasteiger partial charge on any atom is 0.305 e. The summed E-state index contributed by atoms with van der Waals surface area (Å²) in [4.78, 5) is 21.7. The number of aliphatic carboxylic acids is 1. The molecule has 0 fully saturated rings. The average Bonchev–Trinajstić information content (AvgIpc) is 2.36. The number of esters is 1. The van der Waals surface area contributed by atoms with Crippen LogP contribution in [0, 0.1) is 0 Å². The van der Waals surface area contributed by atoms with Crippen LogP contribution in [0.15, 0.2) is 0 Å². The minimum Gasteiger partial charge on any atom is -0.481 e. The van der Waals surface area contributed by atoms with Crippen molar-refractivity contribution in [3.63, 3.8) is 0 Å². The molecule has 0 aliphatic rings. The largest absolute Gasteiger partial charge is 0.481 e. The second-order valence-corrected chi connectivity index (χ2v) is 6.20. The molecule has 21 heavy (non-hydrogen) atoms. The first-order chi connectivity index (χ1) is 9.81. The second-order valence-electron chi connectivity index (χ2n) is 6.20. The van der Waals surface area contributed by atoms with Crippen molar-refractivity contribution in [2.45, 2.75) is 77.7 Å². The molecular weight excluding hydrogens is 272 g/mol. The van der Waals surface area contributed by atoms with E-state index in [0.717, 1.165) is 38.7 Å². The summed E-state index contributed by atoms with van der Waals surface area (Å²) in [7, 11) is 0. The Bertz CT molecular complexity index is 294. The monoisotopic (exact) mass is 302 g/mol. The van der Waals surface area contributed by atoms with Crippen LogP contribution in [0.5, 0.6) is 0 Å². The molecule has 124 valence electrons. The number of carbonyl (C=O) groups excluding carboxylic acids is 1. The molecule has 0 aromatic heterocycles. The van der Waals surface area contributed by atoms with Crippen molar-refractivity contribution in [1.29, 1.82) is 0 Å². The Labute approximate surface area is 128 Å². The topological polar surface area (TPSA) is 72.8 Å². The van der Waals surface area contributed by atoms with Gasteiger partial charge in [-0.15, -0.1) is 0 Å². The van der Waals surface area contributed by atoms with E-state index in [4.69, 9.17) is 14.6 Å². The standard InChI is InChI=1S/C16H30O5/c1-16(2,3)21-13-9-5-7-11-15(19)20-12-8-4-6-10-14(17)18/h4-13H2,1-3H3,(H,17,18). The van der Waals surface area contributed by atoms with Gasteiger partial charge in [-0.25, -0.2) is 0 Å². The molecule has 0 atom stereocenters. The van der Waals surface area contributed by atoms with Crippen LogP contribution in [0.4, 0.5) is 0 Å². The van der Waals surface area contributed by atoms with Crippen LogP contribution < -0.4 is 0 Å². The summed E-state index contributed by atoms with van der Waals surface area (Å²) in [5.41, 5.74) is -0.0976. The molecule has 0 aliphatic carbocycles. The van der Waals surface area contributed by atoms with Gasteiger partial charge in [0, 0.05) is 19.4 Å². The van der Waals surface area contributed by atoms with Gasteiger partial charge in [-0.3, -0.25) is 9.59 Å². The van der Waals surface area contributed by atoms with Gasteiger partial charge in [-0.05, 0) is 52.9 Å². The smallest absolute Gasteiger partial charge is 0.305 e. The van der Waals surface area contributed by atoms with Gasteiger partial charge in [0.25, 0.3) is 0 Å². The first-order valence-electron chi connectivity index (χ1n) is 7.82. The van der Waals surface area contributed by atoms with Crippen LogP contribution in [-0.2, 0) is 19.1 Å². The van der Waals surface area contributed by atoms with Crippen molar-refractivity contribution in [3.05, 3.63) is 0 Å². The van der Waals surface area contributed by atoms with E-state index in [1.54, 1.807) is 0 Å². The normalized spacial score (nSPS) is 11.4. The summed E-state index contributed by atoms with van der Waals surface area (Å²) < 4.78 is 10.7. The van der Waals surface area contributed by atoms with Crippen molar-refractivity contribution >= 4 is 11.9 Å². The summed E-state index contributed by atoms with van der Waals surface area (Å²) in [6, 6.07) is 0. The molecule has 0 rings (SSSR count). The summed E-state index contributed by atoms with van der Waals surface area (Å²) in [5.74, 6) is -0.938. The van der Waals surface area contributed by atoms with E-state index >= 15 is 0 Å². The Kier molecular flexibility index (Phi) is 10.9. The highest BCUT2D eigenvalue weighted by molar-refractivity contribution is 5.69. The number of hydrogen-bond donors (Lipinski definition) is 1. The Balaban J connectivity index is 3.29. The molecule has 5 nitrogen and oxygen atoms in total. The lowest BCUT2D eigenvalue weighted by Gasteiger charge is -2.19. The number of carboxylic acids is 1. The zero-order valence-electron chi connectivity index (χ0n) is 13.7. The van der Waals surface area contributed by atoms with Gasteiger partial charge < -0.3 is 14.6 Å². The van der Waals surface area contributed by atoms with Gasteiger partial charge in [-0.1, -0.05) is 6.42 Å². The zero-order valence-corrected chi connectivity index (χ0v) is 13.7. The van der Waals surface area contributed by atoms with Crippen molar-refractivity contribution < 1.29 is 24.2 Å². The molecule has 0 unspecified atom stereocenters. The van der Waals surface area contributed by atoms with Crippen LogP contribution in [-0.4, -0.2) is 35.9 Å². The van der Waals surface area contributed by atoms with E-state index < -0.39 is 5.97 Å². The Morgan fingerprint density at radius 3 is 2.00 bits per heavy atom. The number of carbonyl (C=O) groups is 2. The maximum atomic E-state index is 11.4. The van der Waals surface area contributed by atoms with Crippen molar-refractivity contribution in [2.75, 3.05) is 13.2 Å². The van der Waals surface area contributed by atoms with Crippen molar-refractivity contribution in [1.82, 2.24) is 0 Å². The Morgan fingerprint density at radius 1 is 0.857 bits per heavy atom. The molecule has 0 saturated carbocycles. The number of carboxylic acid groups (broad SMARTS) is 1. The third-order valence-corrected chi connectivity index (χ3v) is 2.86. The van der Waals surface area contributed by atoms with Gasteiger partial charge >= 0.3 is 11.9 Å². The average molecular weight is 302 g/mol. The molecular formula is C16H30O5. The SMILES string of the molecule is CC(C)(C)OCCCCCC(=O)OCCCCCC(=O)O. The van der Waals surface area contributed by atoms with Crippen LogP contribution in [0.3, 0.4) is 0 Å². The van der Waals surface area contributed by atoms with Crippen LogP contribution in [0.2, 0.25) is 0 Å². The minimum absolute atomic E-state index is 0.0976. The third-order valence-electron chi connectivity index (χ3n) is 2.86. The lowest BCUT2D eigenvalue weighted by atomic mass is 10.1. The van der Waals surface area contributed by atoms with Gasteiger partial charge in [0.05, 0.1) is 12.2 Å². The number of hydrogen-bond acceptors (Lipinski definition) is 4. The van der Waals surface area contributed by atoms with E-state index in [-0.39, 0.29) is 18.0 Å². The van der Waals surface area contributed by atoms with Crippen molar-refractivity contribution in [3.8, 4) is 0 Å². The van der Waals surface area contributed by atoms with Gasteiger partial charge in [-0.2, -0.15) is 0 Å². The minimum atomic E-state index is -0.776. The van der Waals surface area contributed by atoms with Gasteiger partial charge in [0.15, 0.2) is 0 Å². The molecule has 0 aromatic rings. The summed E-state index contributed by atoms with van der Waals surface area (Å²) in [6.45, 7) is 7.20. The van der Waals surface area contributed by atoms with E-state index in [2.05, 4.69) is 0 Å². The molecule has 1 N–H and O–H groups in total. The fraction of sp³-hybridized carbons (Fsp3) is 0.875. The Hall–Kier alpha value is -1.10. The van der Waals surface area contributed by atoms with E-state index in [1.807, 2.05) is 20.8 Å².